The molecule has 0 aliphatic heterocycles. The Balaban J connectivity index is 1.55. The molecule has 27 heavy (non-hydrogen) atoms. The number of hydrogen-bond donors (Lipinski definition) is 0. The maximum atomic E-state index is 5.71. The van der Waals surface area contributed by atoms with Gasteiger partial charge in [0.1, 0.15) is 0 Å². The molecule has 144 valence electrons. The van der Waals surface area contributed by atoms with Crippen molar-refractivity contribution in [2.45, 2.75) is 64.9 Å². The molecule has 2 aromatic rings. The van der Waals surface area contributed by atoms with Crippen LogP contribution in [0.1, 0.15) is 69.4 Å². The average Bonchev–Trinajstić information content (AvgIpc) is 2.73. The van der Waals surface area contributed by atoms with E-state index in [0.717, 1.165) is 31.5 Å². The summed E-state index contributed by atoms with van der Waals surface area (Å²) in [6, 6.07) is 18.1. The quantitative estimate of drug-likeness (QED) is 0.348. The molecule has 1 nitrogen and oxygen atoms in total. The topological polar surface area (TPSA) is 9.23 Å². The van der Waals surface area contributed by atoms with Crippen molar-refractivity contribution in [2.75, 3.05) is 6.61 Å². The molecule has 1 saturated carbocycles. The van der Waals surface area contributed by atoms with Gasteiger partial charge >= 0.3 is 0 Å². The zero-order valence-corrected chi connectivity index (χ0v) is 17.0. The third kappa shape index (κ3) is 5.81. The van der Waals surface area contributed by atoms with Crippen molar-refractivity contribution in [1.82, 2.24) is 0 Å². The predicted molar refractivity (Wildman–Crippen MR) is 116 cm³/mol. The van der Waals surface area contributed by atoms with Crippen molar-refractivity contribution in [1.29, 1.82) is 0 Å². The Bertz CT molecular complexity index is 688. The minimum atomic E-state index is 0.717. The largest absolute Gasteiger partial charge is 0.377 e. The molecule has 1 fully saturated rings. The number of ether oxygens (including phenoxy) is 1. The molecular weight excluding hydrogens is 328 g/mol. The van der Waals surface area contributed by atoms with Crippen molar-refractivity contribution in [2.24, 2.45) is 5.92 Å². The van der Waals surface area contributed by atoms with Crippen LogP contribution in [0.2, 0.25) is 0 Å². The third-order valence-electron chi connectivity index (χ3n) is 5.82. The number of rotatable bonds is 8. The summed E-state index contributed by atoms with van der Waals surface area (Å²) in [7, 11) is 0. The summed E-state index contributed by atoms with van der Waals surface area (Å²) >= 11 is 0. The Hall–Kier alpha value is -1.86. The van der Waals surface area contributed by atoms with Crippen LogP contribution in [0.25, 0.3) is 11.1 Å². The van der Waals surface area contributed by atoms with E-state index >= 15 is 0 Å². The summed E-state index contributed by atoms with van der Waals surface area (Å²) in [5.74, 6) is 1.54. The average molecular weight is 363 g/mol. The van der Waals surface area contributed by atoms with Gasteiger partial charge in [0, 0.05) is 6.61 Å². The van der Waals surface area contributed by atoms with Crippen LogP contribution in [-0.2, 0) is 11.3 Å². The molecule has 0 unspecified atom stereocenters. The SMILES string of the molecule is C/C=C\[C@H]1CC[C@H](c2ccc(-c3ccc(COCCCC)cc3)cc2)CC1. The van der Waals surface area contributed by atoms with E-state index in [1.54, 1.807) is 0 Å². The molecule has 0 spiro atoms. The van der Waals surface area contributed by atoms with Crippen LogP contribution in [0.3, 0.4) is 0 Å². The summed E-state index contributed by atoms with van der Waals surface area (Å²) < 4.78 is 5.71. The first-order valence-electron chi connectivity index (χ1n) is 10.7. The highest BCUT2D eigenvalue weighted by Gasteiger charge is 2.20. The summed E-state index contributed by atoms with van der Waals surface area (Å²) in [6.07, 6.45) is 12.2. The van der Waals surface area contributed by atoms with Crippen LogP contribution in [0.15, 0.2) is 60.7 Å². The lowest BCUT2D eigenvalue weighted by Gasteiger charge is -2.27. The van der Waals surface area contributed by atoms with Crippen molar-refractivity contribution >= 4 is 0 Å². The molecule has 0 saturated heterocycles. The summed E-state index contributed by atoms with van der Waals surface area (Å²) in [5.41, 5.74) is 5.36. The van der Waals surface area contributed by atoms with E-state index < -0.39 is 0 Å². The highest BCUT2D eigenvalue weighted by molar-refractivity contribution is 5.64. The van der Waals surface area contributed by atoms with Gasteiger partial charge in [0.05, 0.1) is 6.61 Å². The first kappa shape index (κ1) is 19.9. The van der Waals surface area contributed by atoms with E-state index in [9.17, 15) is 0 Å². The van der Waals surface area contributed by atoms with E-state index in [4.69, 9.17) is 4.74 Å². The fraction of sp³-hybridized carbons (Fsp3) is 0.462. The second-order valence-electron chi connectivity index (χ2n) is 7.86. The van der Waals surface area contributed by atoms with Gasteiger partial charge in [0.2, 0.25) is 0 Å². The van der Waals surface area contributed by atoms with Gasteiger partial charge in [-0.05, 0) is 73.1 Å². The van der Waals surface area contributed by atoms with Crippen molar-refractivity contribution < 1.29 is 4.74 Å². The van der Waals surface area contributed by atoms with Crippen LogP contribution in [0.4, 0.5) is 0 Å². The molecule has 3 rings (SSSR count). The molecule has 0 amide bonds. The molecular formula is C26H34O. The van der Waals surface area contributed by atoms with E-state index in [0.29, 0.717) is 0 Å². The molecule has 1 aliphatic rings. The normalized spacial score (nSPS) is 20.2. The Morgan fingerprint density at radius 3 is 2.11 bits per heavy atom. The second kappa shape index (κ2) is 10.5. The first-order chi connectivity index (χ1) is 13.3. The summed E-state index contributed by atoms with van der Waals surface area (Å²) in [6.45, 7) is 5.90. The van der Waals surface area contributed by atoms with Gasteiger partial charge in [-0.25, -0.2) is 0 Å². The van der Waals surface area contributed by atoms with Crippen molar-refractivity contribution in [3.05, 3.63) is 71.8 Å². The van der Waals surface area contributed by atoms with Crippen LogP contribution in [-0.4, -0.2) is 6.61 Å². The zero-order valence-electron chi connectivity index (χ0n) is 17.0. The van der Waals surface area contributed by atoms with Crippen molar-refractivity contribution in [3.63, 3.8) is 0 Å². The first-order valence-corrected chi connectivity index (χ1v) is 10.7. The van der Waals surface area contributed by atoms with Crippen LogP contribution >= 0.6 is 0 Å². The smallest absolute Gasteiger partial charge is 0.0716 e. The lowest BCUT2D eigenvalue weighted by Crippen LogP contribution is -2.11. The fourth-order valence-electron chi connectivity index (χ4n) is 4.09. The van der Waals surface area contributed by atoms with Gasteiger partial charge in [-0.1, -0.05) is 74.0 Å². The molecule has 2 aromatic carbocycles. The summed E-state index contributed by atoms with van der Waals surface area (Å²) in [4.78, 5) is 0. The van der Waals surface area contributed by atoms with Gasteiger partial charge in [-0.3, -0.25) is 0 Å². The van der Waals surface area contributed by atoms with E-state index in [-0.39, 0.29) is 0 Å². The van der Waals surface area contributed by atoms with E-state index in [1.165, 1.54) is 54.4 Å². The molecule has 0 aromatic heterocycles. The Labute approximate surface area is 165 Å². The van der Waals surface area contributed by atoms with Crippen LogP contribution in [0, 0.1) is 5.92 Å². The van der Waals surface area contributed by atoms with Crippen LogP contribution < -0.4 is 0 Å². The maximum absolute atomic E-state index is 5.71. The Kier molecular flexibility index (Phi) is 7.71. The fourth-order valence-corrected chi connectivity index (χ4v) is 4.09. The predicted octanol–water partition coefficient (Wildman–Crippen LogP) is 7.52. The Morgan fingerprint density at radius 1 is 0.889 bits per heavy atom. The number of allylic oxidation sites excluding steroid dienone is 2. The number of hydrogen-bond acceptors (Lipinski definition) is 1. The molecule has 0 radical (unpaired) electrons. The third-order valence-corrected chi connectivity index (χ3v) is 5.82. The van der Waals surface area contributed by atoms with Crippen LogP contribution in [0.5, 0.6) is 0 Å². The van der Waals surface area contributed by atoms with Gasteiger partial charge in [-0.15, -0.1) is 0 Å². The zero-order chi connectivity index (χ0) is 18.9. The highest BCUT2D eigenvalue weighted by atomic mass is 16.5. The number of benzene rings is 2. The molecule has 0 bridgehead atoms. The van der Waals surface area contributed by atoms with Gasteiger partial charge < -0.3 is 4.74 Å². The van der Waals surface area contributed by atoms with Crippen molar-refractivity contribution in [3.8, 4) is 11.1 Å². The molecule has 0 atom stereocenters. The lowest BCUT2D eigenvalue weighted by atomic mass is 9.78. The standard InChI is InChI=1S/C26H34O/c1-3-5-19-27-20-22-9-13-24(14-10-22)26-17-15-25(16-18-26)23-11-7-21(6-4-2)8-12-23/h4,6,9-10,13-18,21,23H,3,5,7-8,11-12,19-20H2,1-2H3/b6-4-/t21-,23-. The second-order valence-corrected chi connectivity index (χ2v) is 7.86. The Morgan fingerprint density at radius 2 is 1.52 bits per heavy atom. The monoisotopic (exact) mass is 362 g/mol. The molecule has 1 heteroatoms. The van der Waals surface area contributed by atoms with Gasteiger partial charge in [0.25, 0.3) is 0 Å². The maximum Gasteiger partial charge on any atom is 0.0716 e. The molecule has 0 heterocycles. The van der Waals surface area contributed by atoms with Gasteiger partial charge in [-0.2, -0.15) is 0 Å². The number of unbranched alkanes of at least 4 members (excludes halogenated alkanes) is 1. The minimum Gasteiger partial charge on any atom is -0.377 e. The minimum absolute atomic E-state index is 0.717. The van der Waals surface area contributed by atoms with Gasteiger partial charge in [0.15, 0.2) is 0 Å². The van der Waals surface area contributed by atoms with E-state index in [2.05, 4.69) is 74.5 Å². The highest BCUT2D eigenvalue weighted by Crippen LogP contribution is 2.36. The summed E-state index contributed by atoms with van der Waals surface area (Å²) in [5, 5.41) is 0. The molecule has 0 N–H and O–H groups in total. The van der Waals surface area contributed by atoms with E-state index in [1.807, 2.05) is 0 Å². The lowest BCUT2D eigenvalue weighted by molar-refractivity contribution is 0.118. The molecule has 1 aliphatic carbocycles.